The summed E-state index contributed by atoms with van der Waals surface area (Å²) in [5, 5.41) is 11.4. The largest absolute Gasteiger partial charge is 0.414 e. The van der Waals surface area contributed by atoms with E-state index in [1.807, 2.05) is 36.6 Å². The van der Waals surface area contributed by atoms with Crippen molar-refractivity contribution < 1.29 is 14.4 Å². The number of benzene rings is 2. The van der Waals surface area contributed by atoms with Gasteiger partial charge in [-0.15, -0.1) is 11.8 Å². The van der Waals surface area contributed by atoms with E-state index in [4.69, 9.17) is 33.4 Å². The van der Waals surface area contributed by atoms with Crippen molar-refractivity contribution in [3.05, 3.63) is 59.1 Å². The first-order valence-corrected chi connectivity index (χ1v) is 12.6. The maximum atomic E-state index is 12.1. The zero-order chi connectivity index (χ0) is 23.3. The summed E-state index contributed by atoms with van der Waals surface area (Å²) >= 11 is 13.2. The third-order valence-corrected chi connectivity index (χ3v) is 7.09. The van der Waals surface area contributed by atoms with Crippen molar-refractivity contribution >= 4 is 58.4 Å². The monoisotopic (exact) mass is 504 g/mol. The molecular formula is C23H25ClN4O3S2. The fraction of sp³-hybridized carbons (Fsp3) is 0.348. The molecule has 2 heterocycles. The Bertz CT molecular complexity index is 1040. The van der Waals surface area contributed by atoms with Crippen LogP contribution in [0, 0.1) is 0 Å². The molecule has 1 spiro atoms. The number of hydrogen-bond donors (Lipinski definition) is 2. The molecule has 1 amide bonds. The van der Waals surface area contributed by atoms with Gasteiger partial charge in [0.25, 0.3) is 0 Å². The van der Waals surface area contributed by atoms with Crippen LogP contribution < -0.4 is 10.6 Å². The molecule has 2 N–H and O–H groups in total. The van der Waals surface area contributed by atoms with Gasteiger partial charge < -0.3 is 25.1 Å². The highest BCUT2D eigenvalue weighted by molar-refractivity contribution is 7.98. The number of thioether (sulfide) groups is 1. The van der Waals surface area contributed by atoms with E-state index in [1.54, 1.807) is 23.9 Å². The third kappa shape index (κ3) is 6.10. The number of anilines is 1. The van der Waals surface area contributed by atoms with Crippen LogP contribution in [0.4, 0.5) is 10.5 Å². The van der Waals surface area contributed by atoms with Crippen molar-refractivity contribution in [2.45, 2.75) is 36.3 Å². The van der Waals surface area contributed by atoms with Gasteiger partial charge in [-0.25, -0.2) is 4.79 Å². The molecule has 4 rings (SSSR count). The third-order valence-electron chi connectivity index (χ3n) is 5.69. The van der Waals surface area contributed by atoms with Crippen LogP contribution >= 0.6 is 35.6 Å². The zero-order valence-corrected chi connectivity index (χ0v) is 20.6. The summed E-state index contributed by atoms with van der Waals surface area (Å²) < 4.78 is 5.36. The Morgan fingerprint density at radius 2 is 1.97 bits per heavy atom. The number of amides is 1. The molecule has 0 radical (unpaired) electrons. The molecule has 1 saturated heterocycles. The van der Waals surface area contributed by atoms with Gasteiger partial charge in [0.05, 0.1) is 12.1 Å². The minimum absolute atomic E-state index is 0.298. The molecule has 0 bridgehead atoms. The van der Waals surface area contributed by atoms with E-state index >= 15 is 0 Å². The lowest BCUT2D eigenvalue weighted by Crippen LogP contribution is -2.48. The van der Waals surface area contributed by atoms with Gasteiger partial charge in [0, 0.05) is 42.4 Å². The molecule has 174 valence electrons. The van der Waals surface area contributed by atoms with E-state index < -0.39 is 11.7 Å². The van der Waals surface area contributed by atoms with Crippen LogP contribution in [0.5, 0.6) is 0 Å². The first-order valence-electron chi connectivity index (χ1n) is 10.6. The fourth-order valence-electron chi connectivity index (χ4n) is 3.79. The molecule has 0 atom stereocenters. The van der Waals surface area contributed by atoms with E-state index in [1.165, 1.54) is 0 Å². The predicted octanol–water partition coefficient (Wildman–Crippen LogP) is 5.25. The summed E-state index contributed by atoms with van der Waals surface area (Å²) in [4.78, 5) is 21.2. The number of thiocarbonyl (C=S) groups is 1. The molecule has 0 aliphatic carbocycles. The lowest BCUT2D eigenvalue weighted by atomic mass is 9.88. The normalized spacial score (nSPS) is 16.7. The Balaban J connectivity index is 1.22. The van der Waals surface area contributed by atoms with Crippen molar-refractivity contribution in [2.75, 3.05) is 24.7 Å². The number of rotatable bonds is 4. The number of likely N-dealkylation sites (tertiary alicyclic amines) is 1. The van der Waals surface area contributed by atoms with Crippen molar-refractivity contribution in [3.8, 4) is 0 Å². The molecule has 0 saturated carbocycles. The van der Waals surface area contributed by atoms with Crippen molar-refractivity contribution in [1.29, 1.82) is 0 Å². The topological polar surface area (TPSA) is 75.2 Å². The number of para-hydroxylation sites is 1. The lowest BCUT2D eigenvalue weighted by molar-refractivity contribution is -0.0521. The first kappa shape index (κ1) is 23.7. The van der Waals surface area contributed by atoms with Crippen molar-refractivity contribution in [3.63, 3.8) is 0 Å². The van der Waals surface area contributed by atoms with Gasteiger partial charge in [0.15, 0.2) is 5.11 Å². The number of piperidine rings is 1. The van der Waals surface area contributed by atoms with Gasteiger partial charge in [-0.1, -0.05) is 41.0 Å². The van der Waals surface area contributed by atoms with Gasteiger partial charge in [-0.2, -0.15) is 0 Å². The van der Waals surface area contributed by atoms with Crippen LogP contribution in [0.15, 0.2) is 58.6 Å². The van der Waals surface area contributed by atoms with Gasteiger partial charge in [-0.3, -0.25) is 0 Å². The molecule has 7 nitrogen and oxygen atoms in total. The Morgan fingerprint density at radius 3 is 2.70 bits per heavy atom. The molecule has 10 heteroatoms. The number of halogens is 1. The summed E-state index contributed by atoms with van der Waals surface area (Å²) in [5.41, 5.74) is 1.49. The second-order valence-corrected chi connectivity index (χ2v) is 9.59. The summed E-state index contributed by atoms with van der Waals surface area (Å²) in [6, 6.07) is 15.3. The van der Waals surface area contributed by atoms with Crippen molar-refractivity contribution in [1.82, 2.24) is 10.2 Å². The molecule has 0 unspecified atom stereocenters. The van der Waals surface area contributed by atoms with Crippen LogP contribution in [0.1, 0.15) is 24.8 Å². The molecule has 1 fully saturated rings. The number of oxime groups is 1. The molecule has 2 aromatic carbocycles. The highest BCUT2D eigenvalue weighted by atomic mass is 35.5. The number of hydrogen-bond acceptors (Lipinski definition) is 6. The second-order valence-electron chi connectivity index (χ2n) is 7.92. The maximum absolute atomic E-state index is 12.1. The van der Waals surface area contributed by atoms with Gasteiger partial charge in [0.2, 0.25) is 5.90 Å². The number of carbonyl (C=O) groups is 1. The molecule has 2 aliphatic rings. The van der Waals surface area contributed by atoms with E-state index in [0.717, 1.165) is 42.1 Å². The Hall–Kier alpha value is -2.49. The van der Waals surface area contributed by atoms with Gasteiger partial charge in [-0.05, 0) is 48.3 Å². The average molecular weight is 505 g/mol. The average Bonchev–Trinajstić information content (AvgIpc) is 3.21. The minimum Gasteiger partial charge on any atom is -0.392 e. The first-order chi connectivity index (χ1) is 16.0. The Labute approximate surface area is 207 Å². The predicted molar refractivity (Wildman–Crippen MR) is 136 cm³/mol. The van der Waals surface area contributed by atoms with Crippen LogP contribution in [-0.4, -0.2) is 46.9 Å². The van der Waals surface area contributed by atoms with Crippen LogP contribution in [0.25, 0.3) is 0 Å². The molecular weight excluding hydrogens is 480 g/mol. The van der Waals surface area contributed by atoms with E-state index in [-0.39, 0.29) is 0 Å². The smallest absolute Gasteiger partial charge is 0.392 e. The number of nitrogens with zero attached hydrogens (tertiary/aromatic N) is 2. The number of carbonyl (C=O) groups excluding carboxylic acids is 1. The summed E-state index contributed by atoms with van der Waals surface area (Å²) in [7, 11) is 0. The fourth-order valence-corrected chi connectivity index (χ4v) is 4.76. The highest BCUT2D eigenvalue weighted by Gasteiger charge is 2.43. The Kier molecular flexibility index (Phi) is 7.62. The number of ether oxygens (including phenoxy) is 1. The van der Waals surface area contributed by atoms with Gasteiger partial charge in [0.1, 0.15) is 5.60 Å². The summed E-state index contributed by atoms with van der Waals surface area (Å²) in [5.74, 6) is 0.298. The van der Waals surface area contributed by atoms with E-state index in [0.29, 0.717) is 29.0 Å². The van der Waals surface area contributed by atoms with E-state index in [9.17, 15) is 4.79 Å². The molecule has 0 aromatic heterocycles. The van der Waals surface area contributed by atoms with Crippen LogP contribution in [0.3, 0.4) is 0 Å². The summed E-state index contributed by atoms with van der Waals surface area (Å²) in [6.45, 7) is 1.81. The van der Waals surface area contributed by atoms with Crippen molar-refractivity contribution in [2.24, 2.45) is 5.16 Å². The Morgan fingerprint density at radius 1 is 1.24 bits per heavy atom. The second kappa shape index (κ2) is 10.6. The molecule has 2 aromatic rings. The van der Waals surface area contributed by atoms with Crippen LogP contribution in [0.2, 0.25) is 5.02 Å². The maximum Gasteiger partial charge on any atom is 0.414 e. The quantitative estimate of drug-likeness (QED) is 0.435. The standard InChI is InChI=1S/C23H25ClN4O3S2/c1-33-19-5-3-2-4-18(19)26-21(32)28-12-10-23(11-13-28)14-20(27-31-23)30-22(29)25-15-16-6-8-17(24)9-7-16/h2-9H,10-15H2,1H3,(H,25,29)(H,26,32). The minimum atomic E-state index is -0.556. The zero-order valence-electron chi connectivity index (χ0n) is 18.2. The summed E-state index contributed by atoms with van der Waals surface area (Å²) in [6.07, 6.45) is 3.43. The highest BCUT2D eigenvalue weighted by Crippen LogP contribution is 2.35. The number of alkyl carbamates (subject to hydrolysis) is 1. The van der Waals surface area contributed by atoms with E-state index in [2.05, 4.69) is 26.8 Å². The SMILES string of the molecule is CSc1ccccc1NC(=S)N1CCC2(CC1)CC(OC(=O)NCc1ccc(Cl)cc1)=NO2. The molecule has 33 heavy (non-hydrogen) atoms. The molecule has 2 aliphatic heterocycles. The lowest BCUT2D eigenvalue weighted by Gasteiger charge is -2.38. The van der Waals surface area contributed by atoms with Crippen LogP contribution in [-0.2, 0) is 16.1 Å². The van der Waals surface area contributed by atoms with Gasteiger partial charge >= 0.3 is 6.09 Å². The number of nitrogens with one attached hydrogen (secondary N) is 2.